The number of nitriles is 1. The third kappa shape index (κ3) is 2.80. The van der Waals surface area contributed by atoms with Gasteiger partial charge < -0.3 is 4.74 Å². The first kappa shape index (κ1) is 18.1. The van der Waals surface area contributed by atoms with Crippen LogP contribution in [0.2, 0.25) is 0 Å². The average molecular weight is 391 g/mol. The Hall–Kier alpha value is -3.31. The lowest BCUT2D eigenvalue weighted by Crippen LogP contribution is -2.22. The number of ether oxygens (including phenoxy) is 1. The summed E-state index contributed by atoms with van der Waals surface area (Å²) in [5, 5.41) is 18.5. The van der Waals surface area contributed by atoms with Gasteiger partial charge in [0.1, 0.15) is 5.75 Å². The molecule has 0 unspecified atom stereocenters. The van der Waals surface area contributed by atoms with Crippen molar-refractivity contribution in [3.05, 3.63) is 58.4 Å². The van der Waals surface area contributed by atoms with Crippen LogP contribution < -0.4 is 10.3 Å². The molecule has 4 aromatic rings. The van der Waals surface area contributed by atoms with Gasteiger partial charge in [-0.2, -0.15) is 5.26 Å². The highest BCUT2D eigenvalue weighted by molar-refractivity contribution is 8.00. The maximum Gasteiger partial charge on any atom is 0.267 e. The standard InChI is InChI=1S/C20H17N5O2S/c1-12-8-9-17(27-3)16(10-12)24-18(26)14-6-4-5-7-15(14)25-19(24)22-23-20(25)28-13(2)11-21/h4-10,13H,1-3H3/t13-/m1/s1. The number of hydrogen-bond donors (Lipinski definition) is 0. The Bertz CT molecular complexity index is 1300. The van der Waals surface area contributed by atoms with Crippen molar-refractivity contribution in [3.63, 3.8) is 0 Å². The second kappa shape index (κ2) is 7.02. The lowest BCUT2D eigenvalue weighted by atomic mass is 10.2. The van der Waals surface area contributed by atoms with E-state index in [4.69, 9.17) is 4.74 Å². The van der Waals surface area contributed by atoms with E-state index in [1.165, 1.54) is 16.3 Å². The smallest absolute Gasteiger partial charge is 0.267 e. The van der Waals surface area contributed by atoms with Gasteiger partial charge >= 0.3 is 0 Å². The monoisotopic (exact) mass is 391 g/mol. The molecule has 0 N–H and O–H groups in total. The Balaban J connectivity index is 2.16. The van der Waals surface area contributed by atoms with E-state index in [1.807, 2.05) is 47.7 Å². The van der Waals surface area contributed by atoms with Crippen LogP contribution in [-0.4, -0.2) is 31.5 Å². The van der Waals surface area contributed by atoms with E-state index in [2.05, 4.69) is 16.3 Å². The summed E-state index contributed by atoms with van der Waals surface area (Å²) >= 11 is 1.30. The normalized spacial score (nSPS) is 12.2. The van der Waals surface area contributed by atoms with Crippen molar-refractivity contribution < 1.29 is 4.74 Å². The SMILES string of the molecule is COc1ccc(C)cc1-n1c(=O)c2ccccc2n2c(S[C@H](C)C#N)nnc12. The van der Waals surface area contributed by atoms with Crippen molar-refractivity contribution in [1.82, 2.24) is 19.2 Å². The van der Waals surface area contributed by atoms with Crippen molar-refractivity contribution in [3.8, 4) is 17.5 Å². The fourth-order valence-electron chi connectivity index (χ4n) is 3.13. The van der Waals surface area contributed by atoms with Crippen molar-refractivity contribution in [2.45, 2.75) is 24.3 Å². The zero-order chi connectivity index (χ0) is 19.8. The van der Waals surface area contributed by atoms with E-state index >= 15 is 0 Å². The molecule has 8 heteroatoms. The number of hydrogen-bond acceptors (Lipinski definition) is 6. The van der Waals surface area contributed by atoms with Crippen molar-refractivity contribution >= 4 is 28.4 Å². The van der Waals surface area contributed by atoms with Crippen molar-refractivity contribution in [2.75, 3.05) is 7.11 Å². The van der Waals surface area contributed by atoms with Crippen LogP contribution >= 0.6 is 11.8 Å². The first-order valence-corrected chi connectivity index (χ1v) is 9.53. The maximum absolute atomic E-state index is 13.4. The van der Waals surface area contributed by atoms with E-state index in [1.54, 1.807) is 20.1 Å². The van der Waals surface area contributed by atoms with E-state index in [0.717, 1.165) is 5.56 Å². The van der Waals surface area contributed by atoms with E-state index in [0.29, 0.717) is 33.3 Å². The molecule has 28 heavy (non-hydrogen) atoms. The number of nitrogens with zero attached hydrogens (tertiary/aromatic N) is 5. The van der Waals surface area contributed by atoms with Crippen LogP contribution in [0.3, 0.4) is 0 Å². The van der Waals surface area contributed by atoms with Crippen LogP contribution in [0.5, 0.6) is 5.75 Å². The third-order valence-corrected chi connectivity index (χ3v) is 5.37. The largest absolute Gasteiger partial charge is 0.495 e. The quantitative estimate of drug-likeness (QED) is 0.496. The van der Waals surface area contributed by atoms with Gasteiger partial charge in [-0.05, 0) is 43.7 Å². The van der Waals surface area contributed by atoms with Gasteiger partial charge in [-0.1, -0.05) is 30.0 Å². The highest BCUT2D eigenvalue weighted by Gasteiger charge is 2.21. The molecule has 0 spiro atoms. The topological polar surface area (TPSA) is 85.2 Å². The fourth-order valence-corrected chi connectivity index (χ4v) is 3.87. The average Bonchev–Trinajstić information content (AvgIpc) is 3.11. The Labute approximate surface area is 165 Å². The predicted molar refractivity (Wildman–Crippen MR) is 108 cm³/mol. The van der Waals surface area contributed by atoms with Gasteiger partial charge in [-0.15, -0.1) is 10.2 Å². The predicted octanol–water partition coefficient (Wildman–Crippen LogP) is 3.35. The zero-order valence-corrected chi connectivity index (χ0v) is 16.4. The number of aryl methyl sites for hydroxylation is 1. The second-order valence-corrected chi connectivity index (χ2v) is 7.65. The van der Waals surface area contributed by atoms with Crippen LogP contribution in [0.4, 0.5) is 0 Å². The molecule has 2 aromatic heterocycles. The minimum absolute atomic E-state index is 0.204. The van der Waals surface area contributed by atoms with Gasteiger partial charge in [0.05, 0.1) is 35.0 Å². The molecule has 0 bridgehead atoms. The number of fused-ring (bicyclic) bond motifs is 3. The molecule has 2 aromatic carbocycles. The third-order valence-electron chi connectivity index (χ3n) is 4.43. The maximum atomic E-state index is 13.4. The van der Waals surface area contributed by atoms with Gasteiger partial charge in [-0.25, -0.2) is 4.57 Å². The van der Waals surface area contributed by atoms with E-state index in [9.17, 15) is 10.1 Å². The van der Waals surface area contributed by atoms with Crippen LogP contribution in [0.15, 0.2) is 52.4 Å². The highest BCUT2D eigenvalue weighted by Crippen LogP contribution is 2.28. The molecule has 0 radical (unpaired) electrons. The second-order valence-electron chi connectivity index (χ2n) is 6.34. The number of methoxy groups -OCH3 is 1. The fraction of sp³-hybridized carbons (Fsp3) is 0.200. The summed E-state index contributed by atoms with van der Waals surface area (Å²) in [7, 11) is 1.57. The van der Waals surface area contributed by atoms with Crippen molar-refractivity contribution in [1.29, 1.82) is 5.26 Å². The summed E-state index contributed by atoms with van der Waals surface area (Å²) in [6.07, 6.45) is 0. The van der Waals surface area contributed by atoms with Gasteiger partial charge in [0.25, 0.3) is 5.56 Å². The van der Waals surface area contributed by atoms with Crippen molar-refractivity contribution in [2.24, 2.45) is 0 Å². The van der Waals surface area contributed by atoms with Gasteiger partial charge in [0, 0.05) is 0 Å². The lowest BCUT2D eigenvalue weighted by molar-refractivity contribution is 0.412. The molecule has 0 amide bonds. The minimum Gasteiger partial charge on any atom is -0.495 e. The summed E-state index contributed by atoms with van der Waals surface area (Å²) < 4.78 is 8.83. The molecule has 0 saturated heterocycles. The molecule has 7 nitrogen and oxygen atoms in total. The first-order chi connectivity index (χ1) is 13.5. The van der Waals surface area contributed by atoms with Crippen LogP contribution in [0.1, 0.15) is 12.5 Å². The molecule has 0 aliphatic carbocycles. The highest BCUT2D eigenvalue weighted by atomic mass is 32.2. The Morgan fingerprint density at radius 2 is 2.00 bits per heavy atom. The summed E-state index contributed by atoms with van der Waals surface area (Å²) in [6, 6.07) is 15.1. The zero-order valence-electron chi connectivity index (χ0n) is 15.6. The molecule has 140 valence electrons. The number of aromatic nitrogens is 4. The minimum atomic E-state index is -0.306. The summed E-state index contributed by atoms with van der Waals surface area (Å²) in [4.78, 5) is 13.4. The molecule has 4 rings (SSSR count). The molecule has 0 saturated carbocycles. The van der Waals surface area contributed by atoms with Crippen LogP contribution in [0, 0.1) is 18.3 Å². The van der Waals surface area contributed by atoms with Gasteiger partial charge in [0.15, 0.2) is 5.16 Å². The molecule has 2 heterocycles. The molecule has 0 aliphatic rings. The summed E-state index contributed by atoms with van der Waals surface area (Å²) in [5.41, 5.74) is 2.08. The Morgan fingerprint density at radius 1 is 1.21 bits per heavy atom. The number of para-hydroxylation sites is 1. The van der Waals surface area contributed by atoms with Crippen LogP contribution in [-0.2, 0) is 0 Å². The van der Waals surface area contributed by atoms with Gasteiger partial charge in [0.2, 0.25) is 5.78 Å². The van der Waals surface area contributed by atoms with Gasteiger partial charge in [-0.3, -0.25) is 9.20 Å². The molecular formula is C20H17N5O2S. The van der Waals surface area contributed by atoms with E-state index < -0.39 is 0 Å². The number of thioether (sulfide) groups is 1. The molecule has 0 fully saturated rings. The van der Waals surface area contributed by atoms with Crippen LogP contribution in [0.25, 0.3) is 22.4 Å². The van der Waals surface area contributed by atoms with E-state index in [-0.39, 0.29) is 10.8 Å². The first-order valence-electron chi connectivity index (χ1n) is 8.65. The number of rotatable bonds is 4. The summed E-state index contributed by atoms with van der Waals surface area (Å²) in [6.45, 7) is 3.75. The lowest BCUT2D eigenvalue weighted by Gasteiger charge is -2.14. The number of benzene rings is 2. The molecule has 0 aliphatic heterocycles. The molecular weight excluding hydrogens is 374 g/mol. The Morgan fingerprint density at radius 3 is 2.75 bits per heavy atom. The Kier molecular flexibility index (Phi) is 4.53. The summed E-state index contributed by atoms with van der Waals surface area (Å²) in [5.74, 6) is 0.938. The molecule has 1 atom stereocenters.